The molecule has 0 atom stereocenters. The van der Waals surface area contributed by atoms with Gasteiger partial charge in [0.1, 0.15) is 0 Å². The van der Waals surface area contributed by atoms with Gasteiger partial charge in [0.05, 0.1) is 6.10 Å². The zero-order valence-corrected chi connectivity index (χ0v) is 11.2. The highest BCUT2D eigenvalue weighted by Crippen LogP contribution is 2.47. The number of ether oxygens (including phenoxy) is 1. The van der Waals surface area contributed by atoms with Crippen LogP contribution in [0.25, 0.3) is 0 Å². The zero-order chi connectivity index (χ0) is 12.8. The van der Waals surface area contributed by atoms with E-state index in [0.717, 1.165) is 37.7 Å². The maximum Gasteiger partial charge on any atom is 0.169 e. The van der Waals surface area contributed by atoms with E-state index in [0.29, 0.717) is 11.9 Å². The van der Waals surface area contributed by atoms with Crippen molar-refractivity contribution >= 4 is 5.78 Å². The molecule has 0 N–H and O–H groups in total. The number of carbonyl (C=O) groups is 1. The predicted octanol–water partition coefficient (Wildman–Crippen LogP) is 3.31. The smallest absolute Gasteiger partial charge is 0.169 e. The number of fused-ring (bicyclic) bond motifs is 1. The molecule has 0 bridgehead atoms. The van der Waals surface area contributed by atoms with Crippen molar-refractivity contribution in [1.29, 1.82) is 0 Å². The van der Waals surface area contributed by atoms with E-state index in [2.05, 4.69) is 25.1 Å². The zero-order valence-electron chi connectivity index (χ0n) is 11.2. The van der Waals surface area contributed by atoms with Crippen LogP contribution in [-0.2, 0) is 11.2 Å². The summed E-state index contributed by atoms with van der Waals surface area (Å²) in [5.74, 6) is 0.385. The SMILES string of the molecule is COC1CCC2(CC1)Cc1ccc(C)cc1C2=O. The van der Waals surface area contributed by atoms with Crippen LogP contribution in [0.1, 0.15) is 47.2 Å². The van der Waals surface area contributed by atoms with E-state index in [4.69, 9.17) is 4.74 Å². The Bertz CT molecular complexity index is 482. The van der Waals surface area contributed by atoms with Gasteiger partial charge >= 0.3 is 0 Å². The van der Waals surface area contributed by atoms with Crippen molar-refractivity contribution in [2.45, 2.75) is 45.1 Å². The number of hydrogen-bond acceptors (Lipinski definition) is 2. The fourth-order valence-electron chi connectivity index (χ4n) is 3.57. The van der Waals surface area contributed by atoms with Crippen LogP contribution in [0.15, 0.2) is 18.2 Å². The summed E-state index contributed by atoms with van der Waals surface area (Å²) in [6.07, 6.45) is 5.31. The Morgan fingerprint density at radius 3 is 2.67 bits per heavy atom. The Kier molecular flexibility index (Phi) is 2.78. The van der Waals surface area contributed by atoms with E-state index in [1.807, 2.05) is 0 Å². The van der Waals surface area contributed by atoms with Crippen molar-refractivity contribution in [3.05, 3.63) is 34.9 Å². The van der Waals surface area contributed by atoms with Gasteiger partial charge in [-0.3, -0.25) is 4.79 Å². The van der Waals surface area contributed by atoms with E-state index in [9.17, 15) is 4.79 Å². The molecule has 0 saturated heterocycles. The van der Waals surface area contributed by atoms with Crippen LogP contribution < -0.4 is 0 Å². The summed E-state index contributed by atoms with van der Waals surface area (Å²) < 4.78 is 5.41. The van der Waals surface area contributed by atoms with Crippen LogP contribution in [0.4, 0.5) is 0 Å². The minimum Gasteiger partial charge on any atom is -0.381 e. The number of methoxy groups -OCH3 is 1. The molecule has 0 amide bonds. The first-order valence-corrected chi connectivity index (χ1v) is 6.82. The Hall–Kier alpha value is -1.15. The van der Waals surface area contributed by atoms with Crippen LogP contribution in [0.2, 0.25) is 0 Å². The van der Waals surface area contributed by atoms with Gasteiger partial charge in [-0.2, -0.15) is 0 Å². The normalized spacial score (nSPS) is 30.8. The van der Waals surface area contributed by atoms with Gasteiger partial charge in [-0.15, -0.1) is 0 Å². The molecule has 0 heterocycles. The van der Waals surface area contributed by atoms with Crippen LogP contribution in [0.5, 0.6) is 0 Å². The van der Waals surface area contributed by atoms with Gasteiger partial charge < -0.3 is 4.74 Å². The lowest BCUT2D eigenvalue weighted by atomic mass is 9.70. The van der Waals surface area contributed by atoms with Gasteiger partial charge in [-0.05, 0) is 50.7 Å². The average Bonchev–Trinajstić information content (AvgIpc) is 2.65. The van der Waals surface area contributed by atoms with Crippen molar-refractivity contribution in [2.24, 2.45) is 5.41 Å². The molecule has 0 unspecified atom stereocenters. The molecule has 1 aromatic carbocycles. The molecule has 2 nitrogen and oxygen atoms in total. The molecule has 1 fully saturated rings. The lowest BCUT2D eigenvalue weighted by Crippen LogP contribution is -2.35. The summed E-state index contributed by atoms with van der Waals surface area (Å²) in [5, 5.41) is 0. The molecule has 1 spiro atoms. The standard InChI is InChI=1S/C16H20O2/c1-11-3-4-12-10-16(15(17)14(12)9-11)7-5-13(18-2)6-8-16/h3-4,9,13H,5-8,10H2,1-2H3. The molecule has 1 saturated carbocycles. The van der Waals surface area contributed by atoms with E-state index in [1.54, 1.807) is 7.11 Å². The molecule has 0 aliphatic heterocycles. The number of rotatable bonds is 1. The summed E-state index contributed by atoms with van der Waals surface area (Å²) >= 11 is 0. The highest BCUT2D eigenvalue weighted by Gasteiger charge is 2.47. The quantitative estimate of drug-likeness (QED) is 0.757. The maximum atomic E-state index is 12.7. The third-order valence-corrected chi connectivity index (χ3v) is 4.74. The highest BCUT2D eigenvalue weighted by atomic mass is 16.5. The summed E-state index contributed by atoms with van der Waals surface area (Å²) in [5.41, 5.74) is 3.31. The van der Waals surface area contributed by atoms with Gasteiger partial charge in [-0.25, -0.2) is 0 Å². The Labute approximate surface area is 108 Å². The molecule has 18 heavy (non-hydrogen) atoms. The van der Waals surface area contributed by atoms with Gasteiger partial charge in [0.15, 0.2) is 5.78 Å². The fourth-order valence-corrected chi connectivity index (χ4v) is 3.57. The van der Waals surface area contributed by atoms with Crippen molar-refractivity contribution in [1.82, 2.24) is 0 Å². The van der Waals surface area contributed by atoms with Crippen molar-refractivity contribution in [3.63, 3.8) is 0 Å². The monoisotopic (exact) mass is 244 g/mol. The Balaban J connectivity index is 1.88. The lowest BCUT2D eigenvalue weighted by Gasteiger charge is -2.35. The molecule has 0 aromatic heterocycles. The second-order valence-corrected chi connectivity index (χ2v) is 5.88. The first kappa shape index (κ1) is 11.9. The molecule has 96 valence electrons. The first-order valence-electron chi connectivity index (χ1n) is 6.82. The topological polar surface area (TPSA) is 26.3 Å². The molecule has 3 rings (SSSR count). The molecule has 0 radical (unpaired) electrons. The van der Waals surface area contributed by atoms with Crippen molar-refractivity contribution in [2.75, 3.05) is 7.11 Å². The largest absolute Gasteiger partial charge is 0.381 e. The molecule has 1 aromatic rings. The van der Waals surface area contributed by atoms with Crippen LogP contribution >= 0.6 is 0 Å². The summed E-state index contributed by atoms with van der Waals surface area (Å²) in [7, 11) is 1.78. The molecular weight excluding hydrogens is 224 g/mol. The van der Waals surface area contributed by atoms with E-state index >= 15 is 0 Å². The van der Waals surface area contributed by atoms with Crippen LogP contribution in [0, 0.1) is 12.3 Å². The number of aryl methyl sites for hydroxylation is 1. The number of Topliss-reactive ketones (excluding diaryl/α,β-unsaturated/α-hetero) is 1. The Morgan fingerprint density at radius 2 is 2.00 bits per heavy atom. The average molecular weight is 244 g/mol. The second kappa shape index (κ2) is 4.20. The Morgan fingerprint density at radius 1 is 1.28 bits per heavy atom. The van der Waals surface area contributed by atoms with Crippen molar-refractivity contribution < 1.29 is 9.53 Å². The van der Waals surface area contributed by atoms with Crippen LogP contribution in [0.3, 0.4) is 0 Å². The number of carbonyl (C=O) groups excluding carboxylic acids is 1. The maximum absolute atomic E-state index is 12.7. The van der Waals surface area contributed by atoms with Crippen LogP contribution in [-0.4, -0.2) is 19.0 Å². The number of benzene rings is 1. The van der Waals surface area contributed by atoms with E-state index in [-0.39, 0.29) is 5.41 Å². The first-order chi connectivity index (χ1) is 8.64. The van der Waals surface area contributed by atoms with Gasteiger partial charge in [0.25, 0.3) is 0 Å². The third kappa shape index (κ3) is 1.71. The number of hydrogen-bond donors (Lipinski definition) is 0. The molecular formula is C16H20O2. The van der Waals surface area contributed by atoms with Gasteiger partial charge in [0.2, 0.25) is 0 Å². The highest BCUT2D eigenvalue weighted by molar-refractivity contribution is 6.05. The van der Waals surface area contributed by atoms with Gasteiger partial charge in [-0.1, -0.05) is 17.7 Å². The second-order valence-electron chi connectivity index (χ2n) is 5.88. The minimum absolute atomic E-state index is 0.106. The summed E-state index contributed by atoms with van der Waals surface area (Å²) in [6.45, 7) is 2.06. The van der Waals surface area contributed by atoms with E-state index in [1.165, 1.54) is 11.1 Å². The van der Waals surface area contributed by atoms with Gasteiger partial charge in [0, 0.05) is 18.1 Å². The fraction of sp³-hybridized carbons (Fsp3) is 0.562. The predicted molar refractivity (Wildman–Crippen MR) is 70.9 cm³/mol. The van der Waals surface area contributed by atoms with Crippen molar-refractivity contribution in [3.8, 4) is 0 Å². The third-order valence-electron chi connectivity index (χ3n) is 4.74. The summed E-state index contributed by atoms with van der Waals surface area (Å²) in [6, 6.07) is 6.32. The molecule has 2 aliphatic rings. The van der Waals surface area contributed by atoms with E-state index < -0.39 is 0 Å². The summed E-state index contributed by atoms with van der Waals surface area (Å²) in [4.78, 5) is 12.7. The molecule has 2 heteroatoms. The number of ketones is 1. The lowest BCUT2D eigenvalue weighted by molar-refractivity contribution is 0.0285. The minimum atomic E-state index is -0.106. The molecule has 2 aliphatic carbocycles.